The zero-order valence-electron chi connectivity index (χ0n) is 8.07. The Labute approximate surface area is 86.8 Å². The lowest BCUT2D eigenvalue weighted by atomic mass is 10.1. The lowest BCUT2D eigenvalue weighted by Crippen LogP contribution is -2.10. The van der Waals surface area contributed by atoms with Gasteiger partial charge in [-0.15, -0.1) is 0 Å². The maximum atomic E-state index is 12.3. The van der Waals surface area contributed by atoms with Gasteiger partial charge in [-0.2, -0.15) is 0 Å². The summed E-state index contributed by atoms with van der Waals surface area (Å²) in [5, 5.41) is 9.22. The molecule has 0 amide bonds. The van der Waals surface area contributed by atoms with Crippen LogP contribution >= 0.6 is 0 Å². The van der Waals surface area contributed by atoms with Crippen molar-refractivity contribution in [2.45, 2.75) is 12.5 Å². The van der Waals surface area contributed by atoms with Gasteiger partial charge in [0.1, 0.15) is 18.5 Å². The number of halogens is 2. The Bertz CT molecular complexity index is 326. The molecular weight excluding hydrogens is 202 g/mol. The molecule has 0 aliphatic heterocycles. The normalized spacial score (nSPS) is 12.5. The second-order valence-electron chi connectivity index (χ2n) is 2.92. The number of ether oxygens (including phenoxy) is 1. The zero-order chi connectivity index (χ0) is 11.3. The first-order chi connectivity index (χ1) is 7.16. The molecule has 2 nitrogen and oxygen atoms in total. The predicted molar refractivity (Wildman–Crippen MR) is 53.1 cm³/mol. The number of aliphatic hydroxyl groups excluding tert-OH is 1. The number of benzene rings is 1. The van der Waals surface area contributed by atoms with Gasteiger partial charge in [0, 0.05) is 5.56 Å². The van der Waals surface area contributed by atoms with Crippen molar-refractivity contribution in [3.05, 3.63) is 42.5 Å². The molecule has 82 valence electrons. The van der Waals surface area contributed by atoms with Gasteiger partial charge in [0.05, 0.1) is 0 Å². The third-order valence-electron chi connectivity index (χ3n) is 1.83. The van der Waals surface area contributed by atoms with E-state index in [0.29, 0.717) is 0 Å². The second kappa shape index (κ2) is 5.46. The Balaban J connectivity index is 2.89. The van der Waals surface area contributed by atoms with Crippen LogP contribution in [0.5, 0.6) is 5.75 Å². The van der Waals surface area contributed by atoms with Crippen molar-refractivity contribution in [3.63, 3.8) is 0 Å². The van der Waals surface area contributed by atoms with Crippen LogP contribution in [0.25, 0.3) is 0 Å². The van der Waals surface area contributed by atoms with Crippen molar-refractivity contribution < 1.29 is 18.6 Å². The van der Waals surface area contributed by atoms with Crippen molar-refractivity contribution in [2.24, 2.45) is 0 Å². The van der Waals surface area contributed by atoms with E-state index in [2.05, 4.69) is 6.58 Å². The third-order valence-corrected chi connectivity index (χ3v) is 1.83. The molecule has 1 aromatic carbocycles. The maximum absolute atomic E-state index is 12.3. The summed E-state index contributed by atoms with van der Waals surface area (Å²) in [4.78, 5) is 0. The fraction of sp³-hybridized carbons (Fsp3) is 0.273. The summed E-state index contributed by atoms with van der Waals surface area (Å²) < 4.78 is 29.7. The van der Waals surface area contributed by atoms with Crippen molar-refractivity contribution >= 4 is 0 Å². The fourth-order valence-corrected chi connectivity index (χ4v) is 1.14. The van der Waals surface area contributed by atoms with Crippen molar-refractivity contribution in [1.29, 1.82) is 0 Å². The molecule has 0 bridgehead atoms. The Hall–Kier alpha value is -1.42. The summed E-state index contributed by atoms with van der Waals surface area (Å²) in [6, 6.07) is 6.17. The maximum Gasteiger partial charge on any atom is 0.268 e. The van der Waals surface area contributed by atoms with Crippen LogP contribution in [-0.2, 0) is 0 Å². The van der Waals surface area contributed by atoms with Crippen LogP contribution in [0.1, 0.15) is 11.7 Å². The van der Waals surface area contributed by atoms with Gasteiger partial charge in [0.15, 0.2) is 0 Å². The van der Waals surface area contributed by atoms with Crippen molar-refractivity contribution in [1.82, 2.24) is 0 Å². The van der Waals surface area contributed by atoms with E-state index < -0.39 is 12.5 Å². The molecule has 0 saturated heterocycles. The number of para-hydroxylation sites is 1. The van der Waals surface area contributed by atoms with Gasteiger partial charge < -0.3 is 9.84 Å². The second-order valence-corrected chi connectivity index (χ2v) is 2.92. The van der Waals surface area contributed by atoms with Gasteiger partial charge >= 0.3 is 0 Å². The Morgan fingerprint density at radius 3 is 2.67 bits per heavy atom. The quantitative estimate of drug-likeness (QED) is 0.763. The van der Waals surface area contributed by atoms with Crippen LogP contribution in [-0.4, -0.2) is 18.1 Å². The first kappa shape index (κ1) is 11.7. The number of alkyl halides is 2. The van der Waals surface area contributed by atoms with Crippen LogP contribution in [0.15, 0.2) is 36.9 Å². The van der Waals surface area contributed by atoms with E-state index in [4.69, 9.17) is 4.74 Å². The van der Waals surface area contributed by atoms with Crippen LogP contribution in [0.2, 0.25) is 0 Å². The topological polar surface area (TPSA) is 29.5 Å². The number of hydrogen-bond donors (Lipinski definition) is 1. The standard InChI is InChI=1S/C11H12F2O2/c1-2-7-15-9-6-4-3-5-8(9)10(14)11(12)13/h2-6,10-11,14H,1,7H2. The summed E-state index contributed by atoms with van der Waals surface area (Å²) in [6.07, 6.45) is -3.13. The molecule has 1 unspecified atom stereocenters. The molecule has 1 rings (SSSR count). The lowest BCUT2D eigenvalue weighted by Gasteiger charge is -2.14. The summed E-state index contributed by atoms with van der Waals surface area (Å²) in [5.74, 6) is 0.255. The minimum absolute atomic E-state index is 0.0920. The Morgan fingerprint density at radius 2 is 2.07 bits per heavy atom. The highest BCUT2D eigenvalue weighted by molar-refractivity contribution is 5.35. The minimum Gasteiger partial charge on any atom is -0.489 e. The lowest BCUT2D eigenvalue weighted by molar-refractivity contribution is -0.00713. The van der Waals surface area contributed by atoms with Crippen molar-refractivity contribution in [2.75, 3.05) is 6.61 Å². The van der Waals surface area contributed by atoms with Crippen LogP contribution < -0.4 is 4.74 Å². The molecular formula is C11H12F2O2. The largest absolute Gasteiger partial charge is 0.489 e. The minimum atomic E-state index is -2.82. The van der Waals surface area contributed by atoms with E-state index in [9.17, 15) is 13.9 Å². The predicted octanol–water partition coefficient (Wildman–Crippen LogP) is 2.55. The molecule has 1 atom stereocenters. The first-order valence-electron chi connectivity index (χ1n) is 4.45. The van der Waals surface area contributed by atoms with Crippen LogP contribution in [0.3, 0.4) is 0 Å². The van der Waals surface area contributed by atoms with Crippen LogP contribution in [0, 0.1) is 0 Å². The summed E-state index contributed by atoms with van der Waals surface area (Å²) >= 11 is 0. The summed E-state index contributed by atoms with van der Waals surface area (Å²) in [6.45, 7) is 3.66. The average molecular weight is 214 g/mol. The number of aliphatic hydroxyl groups is 1. The van der Waals surface area contributed by atoms with E-state index >= 15 is 0 Å². The Morgan fingerprint density at radius 1 is 1.40 bits per heavy atom. The molecule has 0 spiro atoms. The molecule has 0 aliphatic carbocycles. The van der Waals surface area contributed by atoms with E-state index in [0.717, 1.165) is 0 Å². The van der Waals surface area contributed by atoms with Gasteiger partial charge in [-0.25, -0.2) is 8.78 Å². The van der Waals surface area contributed by atoms with E-state index in [1.54, 1.807) is 12.1 Å². The molecule has 0 radical (unpaired) electrons. The zero-order valence-corrected chi connectivity index (χ0v) is 8.07. The summed E-state index contributed by atoms with van der Waals surface area (Å²) in [5.41, 5.74) is 0.0920. The third kappa shape index (κ3) is 3.02. The van der Waals surface area contributed by atoms with E-state index in [-0.39, 0.29) is 17.9 Å². The molecule has 1 N–H and O–H groups in total. The Kier molecular flexibility index (Phi) is 4.24. The van der Waals surface area contributed by atoms with Gasteiger partial charge in [-0.1, -0.05) is 30.9 Å². The molecule has 15 heavy (non-hydrogen) atoms. The van der Waals surface area contributed by atoms with Gasteiger partial charge in [-0.05, 0) is 6.07 Å². The van der Waals surface area contributed by atoms with E-state index in [1.807, 2.05) is 0 Å². The highest BCUT2D eigenvalue weighted by Crippen LogP contribution is 2.28. The molecule has 4 heteroatoms. The van der Waals surface area contributed by atoms with Gasteiger partial charge in [-0.3, -0.25) is 0 Å². The molecule has 1 aromatic rings. The average Bonchev–Trinajstić information content (AvgIpc) is 2.25. The van der Waals surface area contributed by atoms with Gasteiger partial charge in [0.2, 0.25) is 0 Å². The SMILES string of the molecule is C=CCOc1ccccc1C(O)C(F)F. The van der Waals surface area contributed by atoms with E-state index in [1.165, 1.54) is 18.2 Å². The van der Waals surface area contributed by atoms with Crippen LogP contribution in [0.4, 0.5) is 8.78 Å². The summed E-state index contributed by atoms with van der Waals surface area (Å²) in [7, 11) is 0. The van der Waals surface area contributed by atoms with Crippen molar-refractivity contribution in [3.8, 4) is 5.75 Å². The highest BCUT2D eigenvalue weighted by Gasteiger charge is 2.22. The molecule has 0 aliphatic rings. The molecule has 0 saturated carbocycles. The first-order valence-corrected chi connectivity index (χ1v) is 4.45. The number of hydrogen-bond acceptors (Lipinski definition) is 2. The molecule has 0 fully saturated rings. The fourth-order valence-electron chi connectivity index (χ4n) is 1.14. The monoisotopic (exact) mass is 214 g/mol. The number of rotatable bonds is 5. The molecule has 0 aromatic heterocycles. The smallest absolute Gasteiger partial charge is 0.268 e. The highest BCUT2D eigenvalue weighted by atomic mass is 19.3. The van der Waals surface area contributed by atoms with Gasteiger partial charge in [0.25, 0.3) is 6.43 Å². The molecule has 0 heterocycles.